The molecule has 0 aliphatic rings. The summed E-state index contributed by atoms with van der Waals surface area (Å²) in [5.74, 6) is 0. The molecule has 0 aromatic rings. The second kappa shape index (κ2) is 83.2. The molecule has 0 aliphatic heterocycles. The Morgan fingerprint density at radius 3 is 1.28 bits per heavy atom. The molecule has 0 fully saturated rings. The maximum absolute atomic E-state index is 6.95. The molecule has 0 aromatic carbocycles. The van der Waals surface area contributed by atoms with E-state index >= 15 is 0 Å². The van der Waals surface area contributed by atoms with Crippen LogP contribution in [0.2, 0.25) is 26.2 Å². The fourth-order valence-corrected chi connectivity index (χ4v) is 5.82. The van der Waals surface area contributed by atoms with Crippen molar-refractivity contribution in [2.45, 2.75) is 135 Å². The minimum absolute atomic E-state index is 0. The molecule has 0 heterocycles. The normalized spacial score (nSPS) is 9.31. The zero-order valence-corrected chi connectivity index (χ0v) is 34.5. The van der Waals surface area contributed by atoms with Crippen LogP contribution >= 0.6 is 74.5 Å². The van der Waals surface area contributed by atoms with Gasteiger partial charge in [-0.1, -0.05) is 43.5 Å². The molecule has 0 saturated carbocycles. The molecule has 32 heavy (non-hydrogen) atoms. The Morgan fingerprint density at radius 2 is 1.00 bits per heavy atom. The molecule has 0 unspecified atom stereocenters. The standard InChI is InChI=1S/C7H15BI2.C5H11BI2.C2H6.2CH3BI2.4CH4/c1-2-3-4-5-6-7-8-10-9;1-2-3-4-5-6-8-7;1-2;2*1-2-4-3;;;;/h2-7H2,1H3;2-5H2,1H3;1-2H3;2*1H3;4*1H4/q2*-1;;2*-1;;;;/i1D;;3*1D;;;;. The molecule has 206 valence electrons. The summed E-state index contributed by atoms with van der Waals surface area (Å²) >= 11 is 11.0. The molecule has 0 atom stereocenters. The van der Waals surface area contributed by atoms with Crippen molar-refractivity contribution in [1.29, 1.82) is 0 Å². The number of hydrogen-bond acceptors (Lipinski definition) is 0. The molecule has 0 N–H and O–H groups in total. The van der Waals surface area contributed by atoms with Crippen molar-refractivity contribution in [3.05, 3.63) is 0 Å². The first-order chi connectivity index (χ1) is 15.6. The fourth-order valence-electron chi connectivity index (χ4n) is 1.31. The van der Waals surface area contributed by atoms with Crippen LogP contribution in [0.15, 0.2) is 0 Å². The minimum atomic E-state index is 0. The fraction of sp³-hybridized carbons (Fsp3) is 1.00. The van der Waals surface area contributed by atoms with Gasteiger partial charge in [0.15, 0.2) is 0 Å². The van der Waals surface area contributed by atoms with E-state index < -0.39 is 0 Å². The van der Waals surface area contributed by atoms with Crippen molar-refractivity contribution in [2.24, 2.45) is 0 Å². The number of hydrogen-bond donors (Lipinski definition) is 0. The second-order valence-corrected chi connectivity index (χ2v) is 22.5. The van der Waals surface area contributed by atoms with Crippen LogP contribution in [0.25, 0.3) is 0 Å². The van der Waals surface area contributed by atoms with Crippen LogP contribution < -0.4 is 68.1 Å². The van der Waals surface area contributed by atoms with Crippen LogP contribution in [0.1, 0.15) is 114 Å². The van der Waals surface area contributed by atoms with Crippen LogP contribution in [0.5, 0.6) is 0 Å². The van der Waals surface area contributed by atoms with Crippen molar-refractivity contribution in [3.8, 4) is 0 Å². The average molecular weight is 1360 g/mol. The van der Waals surface area contributed by atoms with Gasteiger partial charge in [-0.25, -0.2) is 0 Å². The van der Waals surface area contributed by atoms with Gasteiger partial charge in [-0.2, -0.15) is 0 Å². The van der Waals surface area contributed by atoms with Crippen LogP contribution in [0, 0.1) is 0 Å². The van der Waals surface area contributed by atoms with Crippen LogP contribution in [-0.4, -0.2) is 20.5 Å². The first kappa shape index (κ1) is 47.9. The van der Waals surface area contributed by atoms with Crippen LogP contribution in [-0.2, 0) is 0 Å². The third-order valence-corrected chi connectivity index (χ3v) is 14.0. The summed E-state index contributed by atoms with van der Waals surface area (Å²) in [4.78, 5) is 0. The van der Waals surface area contributed by atoms with Gasteiger partial charge in [0, 0.05) is 1.37 Å². The van der Waals surface area contributed by atoms with E-state index in [0.29, 0.717) is 61.4 Å². The van der Waals surface area contributed by atoms with Gasteiger partial charge in [0.25, 0.3) is 0 Å². The van der Waals surface area contributed by atoms with Gasteiger partial charge >= 0.3 is 259 Å². The van der Waals surface area contributed by atoms with Crippen molar-refractivity contribution in [1.82, 2.24) is 0 Å². The Labute approximate surface area is 297 Å². The van der Waals surface area contributed by atoms with E-state index in [1.54, 1.807) is 6.92 Å². The molecule has 12 heteroatoms. The SMILES string of the molecule is C.C.C.C.CCCCC[B][I-]I.[2H]CC.[2H]CCCCCCC[B][I-]I.[2H]C[B][I-]I.[2H]C[B][I-]I. The Morgan fingerprint density at radius 1 is 0.625 bits per heavy atom. The topological polar surface area (TPSA) is 0 Å². The summed E-state index contributed by atoms with van der Waals surface area (Å²) in [5.41, 5.74) is 0. The average Bonchev–Trinajstić information content (AvgIpc) is 2.79. The summed E-state index contributed by atoms with van der Waals surface area (Å²) in [6.07, 6.45) is 13.3. The van der Waals surface area contributed by atoms with Gasteiger partial charge in [-0.05, 0) is 0 Å². The van der Waals surface area contributed by atoms with Crippen LogP contribution in [0.3, 0.4) is 0 Å². The maximum atomic E-state index is 6.95. The van der Waals surface area contributed by atoms with E-state index in [2.05, 4.69) is 91.7 Å². The van der Waals surface area contributed by atoms with Gasteiger partial charge in [0.2, 0.25) is 0 Å². The van der Waals surface area contributed by atoms with Crippen molar-refractivity contribution in [2.75, 3.05) is 0 Å². The van der Waals surface area contributed by atoms with E-state index in [-0.39, 0.29) is 63.7 Å². The molecular formula is C20H54B4I8-4. The molecule has 0 aromatic heterocycles. The molecule has 0 spiro atoms. The second-order valence-electron chi connectivity index (χ2n) is 4.50. The number of halogens is 8. The van der Waals surface area contributed by atoms with Gasteiger partial charge in [-0.15, -0.1) is 0 Å². The molecule has 0 bridgehead atoms. The molecule has 0 amide bonds. The summed E-state index contributed by atoms with van der Waals surface area (Å²) < 4.78 is 26.3. The molecule has 0 rings (SSSR count). The summed E-state index contributed by atoms with van der Waals surface area (Å²) in [5, 5.41) is 8.93. The first-order valence-corrected chi connectivity index (χ1v) is 39.1. The van der Waals surface area contributed by atoms with E-state index in [1.165, 1.54) is 57.6 Å². The Balaban J connectivity index is -0.0000000374. The predicted octanol–water partition coefficient (Wildman–Crippen LogP) is -0.158. The number of rotatable bonds is 14. The number of unbranched alkanes of at least 4 members (excludes halogenated alkanes) is 6. The summed E-state index contributed by atoms with van der Waals surface area (Å²) in [6.45, 7) is 6.18. The van der Waals surface area contributed by atoms with Crippen molar-refractivity contribution in [3.63, 3.8) is 0 Å². The van der Waals surface area contributed by atoms with E-state index in [1.807, 2.05) is 10.3 Å². The van der Waals surface area contributed by atoms with Crippen molar-refractivity contribution >= 4 is 95.0 Å². The monoisotopic (exact) mass is 1360 g/mol. The molecule has 0 saturated heterocycles. The first-order valence-electron chi connectivity index (χ1n) is 11.8. The third-order valence-electron chi connectivity index (χ3n) is 2.46. The van der Waals surface area contributed by atoms with E-state index in [9.17, 15) is 0 Å². The molecular weight excluding hydrogens is 1300 g/mol. The summed E-state index contributed by atoms with van der Waals surface area (Å²) in [7, 11) is 0. The van der Waals surface area contributed by atoms with Crippen LogP contribution in [0.4, 0.5) is 0 Å². The molecule has 4 radical (unpaired) electrons. The van der Waals surface area contributed by atoms with Crippen molar-refractivity contribution < 1.29 is 73.5 Å². The zero-order valence-electron chi connectivity index (χ0n) is 21.2. The molecule has 0 aliphatic carbocycles. The van der Waals surface area contributed by atoms with Gasteiger partial charge in [0.05, 0.1) is 0 Å². The zero-order chi connectivity index (χ0) is 25.6. The van der Waals surface area contributed by atoms with Gasteiger partial charge < -0.3 is 0 Å². The molecule has 0 nitrogen and oxygen atoms in total. The summed E-state index contributed by atoms with van der Waals surface area (Å²) in [6, 6.07) is 0. The van der Waals surface area contributed by atoms with E-state index in [4.69, 9.17) is 5.48 Å². The van der Waals surface area contributed by atoms with E-state index in [0.717, 1.165) is 6.42 Å². The van der Waals surface area contributed by atoms with Gasteiger partial charge in [-0.3, -0.25) is 0 Å². The Kier molecular flexibility index (Phi) is 125. The Bertz CT molecular complexity index is 232. The predicted molar refractivity (Wildman–Crippen MR) is 187 cm³/mol. The Hall–Kier alpha value is 6.10. The third kappa shape index (κ3) is 110. The quantitative estimate of drug-likeness (QED) is 0.129. The van der Waals surface area contributed by atoms with Gasteiger partial charge in [0.1, 0.15) is 0 Å².